The Kier molecular flexibility index (Phi) is 7.75. The summed E-state index contributed by atoms with van der Waals surface area (Å²) in [4.78, 5) is 37.5. The van der Waals surface area contributed by atoms with Crippen LogP contribution in [0.3, 0.4) is 0 Å². The predicted octanol–water partition coefficient (Wildman–Crippen LogP) is 3.27. The predicted molar refractivity (Wildman–Crippen MR) is 116 cm³/mol. The van der Waals surface area contributed by atoms with E-state index in [-0.39, 0.29) is 49.6 Å². The van der Waals surface area contributed by atoms with Crippen LogP contribution in [0.2, 0.25) is 0 Å². The van der Waals surface area contributed by atoms with Gasteiger partial charge in [-0.15, -0.1) is 13.2 Å². The van der Waals surface area contributed by atoms with Crippen molar-refractivity contribution in [1.29, 1.82) is 0 Å². The molecule has 2 heterocycles. The molecule has 1 aromatic carbocycles. The van der Waals surface area contributed by atoms with Crippen molar-refractivity contribution in [2.75, 3.05) is 19.6 Å². The minimum atomic E-state index is -4.76. The van der Waals surface area contributed by atoms with Crippen LogP contribution >= 0.6 is 0 Å². The fraction of sp³-hybridized carbons (Fsp3) is 0.478. The van der Waals surface area contributed by atoms with Crippen molar-refractivity contribution in [3.63, 3.8) is 0 Å². The first-order valence-electron chi connectivity index (χ1n) is 10.8. The highest BCUT2D eigenvalue weighted by atomic mass is 19.4. The molecule has 1 fully saturated rings. The summed E-state index contributed by atoms with van der Waals surface area (Å²) in [6.45, 7) is 7.62. The van der Waals surface area contributed by atoms with Crippen molar-refractivity contribution < 1.29 is 32.2 Å². The van der Waals surface area contributed by atoms with Crippen molar-refractivity contribution in [1.82, 2.24) is 19.8 Å². The monoisotopic (exact) mass is 480 g/mol. The molecule has 8 nitrogen and oxygen atoms in total. The largest absolute Gasteiger partial charge is 0.573 e. The van der Waals surface area contributed by atoms with Crippen LogP contribution in [0, 0.1) is 13.8 Å². The van der Waals surface area contributed by atoms with Gasteiger partial charge in [-0.1, -0.05) is 12.1 Å². The highest BCUT2D eigenvalue weighted by Crippen LogP contribution is 2.23. The molecule has 1 aliphatic heterocycles. The number of amides is 2. The second-order valence-corrected chi connectivity index (χ2v) is 8.39. The molecule has 1 aromatic heterocycles. The van der Waals surface area contributed by atoms with Gasteiger partial charge < -0.3 is 19.3 Å². The molecule has 184 valence electrons. The van der Waals surface area contributed by atoms with Crippen molar-refractivity contribution in [2.24, 2.45) is 0 Å². The maximum absolute atomic E-state index is 13.2. The summed E-state index contributed by atoms with van der Waals surface area (Å²) in [5.74, 6) is -0.464. The first kappa shape index (κ1) is 25.4. The fourth-order valence-electron chi connectivity index (χ4n) is 3.69. The quantitative estimate of drug-likeness (QED) is 0.631. The summed E-state index contributed by atoms with van der Waals surface area (Å²) in [7, 11) is 0. The second kappa shape index (κ2) is 10.4. The molecule has 2 amide bonds. The van der Waals surface area contributed by atoms with E-state index in [9.17, 15) is 22.8 Å². The van der Waals surface area contributed by atoms with Crippen LogP contribution < -0.4 is 4.74 Å². The molecule has 1 saturated heterocycles. The average Bonchev–Trinajstić information content (AvgIpc) is 2.90. The van der Waals surface area contributed by atoms with Gasteiger partial charge in [0.15, 0.2) is 0 Å². The Hall–Kier alpha value is -3.21. The van der Waals surface area contributed by atoms with E-state index >= 15 is 0 Å². The first-order valence-corrected chi connectivity index (χ1v) is 10.8. The molecule has 1 aliphatic rings. The number of rotatable bonds is 6. The number of ether oxygens (including phenoxy) is 2. The smallest absolute Gasteiger partial charge is 0.406 e. The molecule has 34 heavy (non-hydrogen) atoms. The van der Waals surface area contributed by atoms with Crippen molar-refractivity contribution in [3.05, 3.63) is 53.1 Å². The molecule has 0 radical (unpaired) electrons. The number of nitrogens with zero attached hydrogens (tertiary/aromatic N) is 4. The Balaban J connectivity index is 1.74. The molecule has 11 heteroatoms. The molecular weight excluding hydrogens is 453 g/mol. The van der Waals surface area contributed by atoms with E-state index in [1.165, 1.54) is 29.2 Å². The van der Waals surface area contributed by atoms with Crippen LogP contribution in [0.15, 0.2) is 30.3 Å². The van der Waals surface area contributed by atoms with Gasteiger partial charge in [0, 0.05) is 24.8 Å². The lowest BCUT2D eigenvalue weighted by atomic mass is 10.2. The van der Waals surface area contributed by atoms with E-state index in [1.807, 2.05) is 13.8 Å². The molecule has 3 rings (SSSR count). The zero-order valence-corrected chi connectivity index (χ0v) is 19.4. The second-order valence-electron chi connectivity index (χ2n) is 8.39. The highest BCUT2D eigenvalue weighted by Gasteiger charge is 2.33. The van der Waals surface area contributed by atoms with Crippen LogP contribution in [-0.2, 0) is 16.1 Å². The van der Waals surface area contributed by atoms with Gasteiger partial charge in [-0.2, -0.15) is 0 Å². The number of hydrogen-bond acceptors (Lipinski definition) is 6. The van der Waals surface area contributed by atoms with Gasteiger partial charge in [0.25, 0.3) is 5.91 Å². The van der Waals surface area contributed by atoms with Gasteiger partial charge in [-0.25, -0.2) is 9.97 Å². The summed E-state index contributed by atoms with van der Waals surface area (Å²) in [5, 5.41) is 0. The molecule has 0 bridgehead atoms. The summed E-state index contributed by atoms with van der Waals surface area (Å²) < 4.78 is 46.9. The minimum Gasteiger partial charge on any atom is -0.406 e. The van der Waals surface area contributed by atoms with Crippen LogP contribution in [0.5, 0.6) is 5.75 Å². The number of carbonyl (C=O) groups is 2. The average molecular weight is 480 g/mol. The normalized spacial score (nSPS) is 17.2. The van der Waals surface area contributed by atoms with E-state index in [1.54, 1.807) is 24.8 Å². The van der Waals surface area contributed by atoms with E-state index in [2.05, 4.69) is 14.7 Å². The van der Waals surface area contributed by atoms with Crippen molar-refractivity contribution in [3.8, 4) is 5.75 Å². The lowest BCUT2D eigenvalue weighted by Crippen LogP contribution is -2.42. The van der Waals surface area contributed by atoms with E-state index < -0.39 is 18.4 Å². The molecule has 0 spiro atoms. The standard InChI is InChI=1S/C23H27F3N4O4/c1-14(2)30-11-19(33-13-17-5-7-18(8-6-17)34-23(24,25)26)10-29(12-21(30)31)22(32)20-9-15(3)27-16(4)28-20/h5-9,14,19H,10-13H2,1-4H3. The van der Waals surface area contributed by atoms with E-state index in [0.717, 1.165) is 0 Å². The summed E-state index contributed by atoms with van der Waals surface area (Å²) in [5.41, 5.74) is 1.47. The third-order valence-electron chi connectivity index (χ3n) is 5.21. The molecule has 1 unspecified atom stereocenters. The molecular formula is C23H27F3N4O4. The number of halogens is 3. The summed E-state index contributed by atoms with van der Waals surface area (Å²) in [6.07, 6.45) is -5.27. The fourth-order valence-corrected chi connectivity index (χ4v) is 3.69. The Morgan fingerprint density at radius 1 is 1.15 bits per heavy atom. The topological polar surface area (TPSA) is 84.9 Å². The van der Waals surface area contributed by atoms with Gasteiger partial charge in [0.1, 0.15) is 23.8 Å². The molecule has 1 atom stereocenters. The maximum Gasteiger partial charge on any atom is 0.573 e. The van der Waals surface area contributed by atoms with Crippen molar-refractivity contribution in [2.45, 2.75) is 52.8 Å². The number of benzene rings is 1. The van der Waals surface area contributed by atoms with E-state index in [0.29, 0.717) is 17.1 Å². The zero-order chi connectivity index (χ0) is 25.0. The van der Waals surface area contributed by atoms with Gasteiger partial charge in [0.2, 0.25) is 5.91 Å². The first-order chi connectivity index (χ1) is 15.9. The van der Waals surface area contributed by atoms with Gasteiger partial charge in [-0.05, 0) is 51.5 Å². The van der Waals surface area contributed by atoms with Crippen molar-refractivity contribution >= 4 is 11.8 Å². The Labute approximate surface area is 195 Å². The summed E-state index contributed by atoms with van der Waals surface area (Å²) in [6, 6.07) is 6.83. The van der Waals surface area contributed by atoms with Crippen LogP contribution in [-0.4, -0.2) is 69.7 Å². The molecule has 0 N–H and O–H groups in total. The molecule has 2 aromatic rings. The number of carbonyl (C=O) groups excluding carboxylic acids is 2. The van der Waals surface area contributed by atoms with Gasteiger partial charge in [-0.3, -0.25) is 9.59 Å². The van der Waals surface area contributed by atoms with Crippen LogP contribution in [0.25, 0.3) is 0 Å². The number of hydrogen-bond donors (Lipinski definition) is 0. The lowest BCUT2D eigenvalue weighted by molar-refractivity contribution is -0.274. The van der Waals surface area contributed by atoms with Gasteiger partial charge >= 0.3 is 6.36 Å². The van der Waals surface area contributed by atoms with Crippen LogP contribution in [0.1, 0.15) is 41.4 Å². The third-order valence-corrected chi connectivity index (χ3v) is 5.21. The number of alkyl halides is 3. The Morgan fingerprint density at radius 2 is 1.82 bits per heavy atom. The van der Waals surface area contributed by atoms with Gasteiger partial charge in [0.05, 0.1) is 12.7 Å². The third kappa shape index (κ3) is 6.89. The maximum atomic E-state index is 13.2. The van der Waals surface area contributed by atoms with Crippen LogP contribution in [0.4, 0.5) is 13.2 Å². The Morgan fingerprint density at radius 3 is 2.41 bits per heavy atom. The number of aromatic nitrogens is 2. The van der Waals surface area contributed by atoms with E-state index in [4.69, 9.17) is 4.74 Å². The number of aryl methyl sites for hydroxylation is 2. The SMILES string of the molecule is Cc1cc(C(=O)N2CC(=O)N(C(C)C)CC(OCc3ccc(OC(F)(F)F)cc3)C2)nc(C)n1. The minimum absolute atomic E-state index is 0.0881. The zero-order valence-electron chi connectivity index (χ0n) is 19.4. The molecule has 0 aliphatic carbocycles. The molecule has 0 saturated carbocycles. The summed E-state index contributed by atoms with van der Waals surface area (Å²) >= 11 is 0. The lowest BCUT2D eigenvalue weighted by Gasteiger charge is -2.27. The highest BCUT2D eigenvalue weighted by molar-refractivity contribution is 5.95. The Bertz CT molecular complexity index is 1010.